The van der Waals surface area contributed by atoms with Gasteiger partial charge in [-0.1, -0.05) is 101 Å². The SMILES string of the molecule is CO[C@H]([C]1[CH][CH][CH][C]1Br)c1ccccc1P(c1ccccc1)c1ccccc1.[CH]1[CH][CH][CH][CH]1.[Fe+2]. The number of methoxy groups -OCH3 is 1. The van der Waals surface area contributed by atoms with Gasteiger partial charge in [-0.05, 0) is 80.8 Å². The van der Waals surface area contributed by atoms with Crippen molar-refractivity contribution in [1.29, 1.82) is 0 Å². The first-order chi connectivity index (χ1) is 16.3. The fourth-order valence-corrected chi connectivity index (χ4v) is 6.83. The van der Waals surface area contributed by atoms with E-state index in [1.54, 1.807) is 7.11 Å². The first-order valence-corrected chi connectivity index (χ1v) is 13.0. The van der Waals surface area contributed by atoms with Crippen LogP contribution in [0.15, 0.2) is 84.9 Å². The Morgan fingerprint density at radius 1 is 0.647 bits per heavy atom. The summed E-state index contributed by atoms with van der Waals surface area (Å²) in [6.45, 7) is 0. The summed E-state index contributed by atoms with van der Waals surface area (Å²) in [7, 11) is 1.10. The zero-order chi connectivity index (χ0) is 22.9. The Morgan fingerprint density at radius 2 is 1.15 bits per heavy atom. The molecular formula is C30H26BrFeOP+2. The van der Waals surface area contributed by atoms with Gasteiger partial charge in [0.05, 0.1) is 10.9 Å². The second kappa shape index (κ2) is 14.6. The molecule has 2 fully saturated rings. The molecular weight excluding hydrogens is 543 g/mol. The van der Waals surface area contributed by atoms with E-state index in [4.69, 9.17) is 4.74 Å². The van der Waals surface area contributed by atoms with Crippen molar-refractivity contribution in [3.8, 4) is 0 Å². The van der Waals surface area contributed by atoms with Gasteiger partial charge in [0.25, 0.3) is 0 Å². The molecule has 0 aromatic heterocycles. The monoisotopic (exact) mass is 568 g/mol. The molecule has 0 saturated heterocycles. The molecule has 1 atom stereocenters. The van der Waals surface area contributed by atoms with E-state index in [9.17, 15) is 0 Å². The maximum absolute atomic E-state index is 6.00. The summed E-state index contributed by atoms with van der Waals surface area (Å²) < 4.78 is 6.00. The van der Waals surface area contributed by atoms with E-state index in [1.807, 2.05) is 32.1 Å². The van der Waals surface area contributed by atoms with Gasteiger partial charge in [0.1, 0.15) is 0 Å². The molecule has 0 unspecified atom stereocenters. The number of ether oxygens (including phenoxy) is 1. The molecule has 10 radical (unpaired) electrons. The average molecular weight is 569 g/mol. The molecule has 0 amide bonds. The van der Waals surface area contributed by atoms with E-state index >= 15 is 0 Å². The Hall–Kier alpha value is -0.951. The zero-order valence-electron chi connectivity index (χ0n) is 18.9. The van der Waals surface area contributed by atoms with Crippen molar-refractivity contribution in [1.82, 2.24) is 0 Å². The number of halogens is 1. The summed E-state index contributed by atoms with van der Waals surface area (Å²) >= 11 is 3.68. The molecule has 4 heteroatoms. The van der Waals surface area contributed by atoms with Crippen molar-refractivity contribution in [2.45, 2.75) is 6.10 Å². The minimum absolute atomic E-state index is 0. The molecule has 34 heavy (non-hydrogen) atoms. The smallest absolute Gasteiger partial charge is 0.376 e. The molecule has 0 spiro atoms. The number of hydrogen-bond acceptors (Lipinski definition) is 1. The Kier molecular flexibility index (Phi) is 11.8. The van der Waals surface area contributed by atoms with Gasteiger partial charge >= 0.3 is 17.1 Å². The molecule has 2 saturated carbocycles. The average Bonchev–Trinajstić information content (AvgIpc) is 3.58. The molecule has 0 N–H and O–H groups in total. The van der Waals surface area contributed by atoms with Crippen LogP contribution in [0, 0.1) is 62.1 Å². The molecule has 5 rings (SSSR count). The van der Waals surface area contributed by atoms with Crippen LogP contribution in [0.25, 0.3) is 0 Å². The third kappa shape index (κ3) is 7.05. The van der Waals surface area contributed by atoms with E-state index in [1.165, 1.54) is 21.5 Å². The van der Waals surface area contributed by atoms with Gasteiger partial charge < -0.3 is 4.74 Å². The van der Waals surface area contributed by atoms with Gasteiger partial charge in [-0.3, -0.25) is 0 Å². The third-order valence-corrected chi connectivity index (χ3v) is 8.60. The molecule has 0 aliphatic heterocycles. The molecule has 2 aliphatic rings. The molecule has 170 valence electrons. The van der Waals surface area contributed by atoms with Crippen LogP contribution >= 0.6 is 23.9 Å². The van der Waals surface area contributed by atoms with Crippen LogP contribution in [0.4, 0.5) is 0 Å². The first-order valence-electron chi connectivity index (χ1n) is 10.9. The van der Waals surface area contributed by atoms with Gasteiger partial charge in [-0.2, -0.15) is 0 Å². The molecule has 3 aromatic carbocycles. The van der Waals surface area contributed by atoms with Gasteiger partial charge in [-0.25, -0.2) is 0 Å². The normalized spacial score (nSPS) is 17.1. The van der Waals surface area contributed by atoms with E-state index in [0.717, 1.165) is 10.7 Å². The molecule has 3 aromatic rings. The quantitative estimate of drug-likeness (QED) is 0.251. The fraction of sp³-hybridized carbons (Fsp3) is 0.0667. The van der Waals surface area contributed by atoms with Gasteiger partial charge in [-0.15, -0.1) is 0 Å². The maximum Gasteiger partial charge on any atom is 2.00 e. The van der Waals surface area contributed by atoms with E-state index in [-0.39, 0.29) is 23.2 Å². The van der Waals surface area contributed by atoms with Crippen molar-refractivity contribution in [3.63, 3.8) is 0 Å². The summed E-state index contributed by atoms with van der Waals surface area (Å²) in [5, 5.41) is 4.01. The number of rotatable bonds is 6. The van der Waals surface area contributed by atoms with Crippen LogP contribution in [-0.2, 0) is 21.8 Å². The van der Waals surface area contributed by atoms with Gasteiger partial charge in [0, 0.05) is 13.0 Å². The standard InChI is InChI=1S/C25H21BrOP.C5H5.Fe/c1-27-25(21-16-10-17-23(21)26)22-15-8-9-18-24(22)28(19-11-4-2-5-12-19)20-13-6-3-7-14-20;1-2-4-5-3-1;/h2-18,25H,1H3;1-5H;/q;;+2/t25-;;/m1../s1. The Balaban J connectivity index is 0.000000481. The summed E-state index contributed by atoms with van der Waals surface area (Å²) in [6, 6.07) is 30.3. The molecule has 2 aliphatic carbocycles. The van der Waals surface area contributed by atoms with Crippen molar-refractivity contribution < 1.29 is 21.8 Å². The van der Waals surface area contributed by atoms with E-state index in [0.29, 0.717) is 0 Å². The topological polar surface area (TPSA) is 9.23 Å². The van der Waals surface area contributed by atoms with Gasteiger partial charge in [0.2, 0.25) is 0 Å². The van der Waals surface area contributed by atoms with E-state index < -0.39 is 7.92 Å². The number of benzene rings is 3. The zero-order valence-corrected chi connectivity index (χ0v) is 22.5. The maximum atomic E-state index is 6.00. The van der Waals surface area contributed by atoms with Crippen molar-refractivity contribution in [3.05, 3.63) is 153 Å². The Bertz CT molecular complexity index is 917. The number of hydrogen-bond donors (Lipinski definition) is 0. The third-order valence-electron chi connectivity index (χ3n) is 5.36. The van der Waals surface area contributed by atoms with E-state index in [2.05, 4.69) is 120 Å². The van der Waals surface area contributed by atoms with Crippen LogP contribution < -0.4 is 15.9 Å². The summed E-state index contributed by atoms with van der Waals surface area (Å²) in [5.74, 6) is 1.16. The molecule has 1 nitrogen and oxygen atoms in total. The van der Waals surface area contributed by atoms with Crippen LogP contribution in [0.3, 0.4) is 0 Å². The van der Waals surface area contributed by atoms with Crippen molar-refractivity contribution in [2.75, 3.05) is 7.11 Å². The second-order valence-corrected chi connectivity index (χ2v) is 10.5. The minimum atomic E-state index is -0.686. The van der Waals surface area contributed by atoms with Crippen molar-refractivity contribution >= 4 is 39.8 Å². The minimum Gasteiger partial charge on any atom is -0.376 e. The summed E-state index contributed by atoms with van der Waals surface area (Å²) in [4.78, 5) is 1.08. The molecule has 0 bridgehead atoms. The van der Waals surface area contributed by atoms with Crippen LogP contribution in [0.2, 0.25) is 0 Å². The van der Waals surface area contributed by atoms with Gasteiger partial charge in [0.15, 0.2) is 0 Å². The Labute approximate surface area is 226 Å². The first kappa shape index (κ1) is 27.6. The van der Waals surface area contributed by atoms with Crippen LogP contribution in [0.1, 0.15) is 11.7 Å². The Morgan fingerprint density at radius 3 is 1.62 bits per heavy atom. The predicted molar refractivity (Wildman–Crippen MR) is 145 cm³/mol. The van der Waals surface area contributed by atoms with Crippen LogP contribution in [-0.4, -0.2) is 7.11 Å². The molecule has 0 heterocycles. The second-order valence-electron chi connectivity index (χ2n) is 7.47. The largest absolute Gasteiger partial charge is 2.00 e. The van der Waals surface area contributed by atoms with Crippen molar-refractivity contribution in [2.24, 2.45) is 0 Å². The summed E-state index contributed by atoms with van der Waals surface area (Å²) in [5.41, 5.74) is 1.22. The summed E-state index contributed by atoms with van der Waals surface area (Å²) in [6.07, 6.45) is 16.1. The predicted octanol–water partition coefficient (Wildman–Crippen LogP) is 6.28. The fourth-order valence-electron chi connectivity index (χ4n) is 3.86. The van der Waals surface area contributed by atoms with Crippen LogP contribution in [0.5, 0.6) is 0 Å².